The topological polar surface area (TPSA) is 45.2 Å². The summed E-state index contributed by atoms with van der Waals surface area (Å²) in [5, 5.41) is 3.27. The highest BCUT2D eigenvalue weighted by Crippen LogP contribution is 2.39. The molecule has 0 aliphatic carbocycles. The molecule has 2 aliphatic rings. The van der Waals surface area contributed by atoms with Gasteiger partial charge in [-0.3, -0.25) is 9.69 Å². The van der Waals surface area contributed by atoms with E-state index in [1.54, 1.807) is 0 Å². The number of pyridine rings is 1. The summed E-state index contributed by atoms with van der Waals surface area (Å²) in [5.41, 5.74) is -0.936. The van der Waals surface area contributed by atoms with Gasteiger partial charge in [0.2, 0.25) is 5.91 Å². The highest BCUT2D eigenvalue weighted by molar-refractivity contribution is 5.95. The lowest BCUT2D eigenvalue weighted by Gasteiger charge is -2.33. The van der Waals surface area contributed by atoms with E-state index in [-0.39, 0.29) is 29.5 Å². The smallest absolute Gasteiger partial charge is 0.316 e. The molecule has 0 saturated carbocycles. The number of piperidine rings is 1. The Morgan fingerprint density at radius 3 is 2.77 bits per heavy atom. The van der Waals surface area contributed by atoms with Crippen LogP contribution in [0.2, 0.25) is 0 Å². The quantitative estimate of drug-likeness (QED) is 0.858. The second-order valence-corrected chi connectivity index (χ2v) is 5.84. The molecule has 2 saturated heterocycles. The van der Waals surface area contributed by atoms with Crippen LogP contribution in [0.25, 0.3) is 0 Å². The van der Waals surface area contributed by atoms with Crippen molar-refractivity contribution in [3.8, 4) is 0 Å². The Morgan fingerprint density at radius 2 is 2.14 bits per heavy atom. The van der Waals surface area contributed by atoms with Crippen molar-refractivity contribution >= 4 is 24.1 Å². The van der Waals surface area contributed by atoms with E-state index in [2.05, 4.69) is 10.3 Å². The molecule has 1 atom stereocenters. The molecule has 4 nitrogen and oxygen atoms in total. The summed E-state index contributed by atoms with van der Waals surface area (Å²) in [7, 11) is 0. The standard InChI is InChI=1S/C14H16F3N3O.ClH/c15-14(16,17)10-2-5-19-11(6-10)20-9-13(7-12(20)21)3-1-4-18-8-13;/h2,5-6,18H,1,3-4,7-9H2;1H. The van der Waals surface area contributed by atoms with E-state index in [1.165, 1.54) is 4.90 Å². The van der Waals surface area contributed by atoms with E-state index in [1.807, 2.05) is 0 Å². The summed E-state index contributed by atoms with van der Waals surface area (Å²) in [6.45, 7) is 2.10. The Morgan fingerprint density at radius 1 is 1.36 bits per heavy atom. The number of nitrogens with one attached hydrogen (secondary N) is 1. The van der Waals surface area contributed by atoms with Gasteiger partial charge >= 0.3 is 6.18 Å². The van der Waals surface area contributed by atoms with Crippen molar-refractivity contribution in [2.75, 3.05) is 24.5 Å². The lowest BCUT2D eigenvalue weighted by Crippen LogP contribution is -2.42. The molecule has 1 aromatic rings. The van der Waals surface area contributed by atoms with Crippen molar-refractivity contribution in [2.24, 2.45) is 5.41 Å². The zero-order valence-electron chi connectivity index (χ0n) is 11.8. The van der Waals surface area contributed by atoms with Gasteiger partial charge in [-0.25, -0.2) is 4.98 Å². The van der Waals surface area contributed by atoms with Gasteiger partial charge in [-0.1, -0.05) is 0 Å². The molecule has 3 rings (SSSR count). The first-order valence-electron chi connectivity index (χ1n) is 6.94. The maximum atomic E-state index is 12.8. The lowest BCUT2D eigenvalue weighted by atomic mass is 9.80. The molecule has 1 aromatic heterocycles. The fourth-order valence-electron chi connectivity index (χ4n) is 3.16. The molecule has 3 heterocycles. The zero-order chi connectivity index (χ0) is 15.1. The fraction of sp³-hybridized carbons (Fsp3) is 0.571. The molecule has 1 N–H and O–H groups in total. The Kier molecular flexibility index (Phi) is 4.67. The van der Waals surface area contributed by atoms with Crippen LogP contribution < -0.4 is 10.2 Å². The molecular formula is C14H17ClF3N3O. The summed E-state index contributed by atoms with van der Waals surface area (Å²) < 4.78 is 38.3. The van der Waals surface area contributed by atoms with E-state index in [4.69, 9.17) is 0 Å². The molecule has 1 amide bonds. The number of alkyl halides is 3. The van der Waals surface area contributed by atoms with Crippen LogP contribution in [-0.4, -0.2) is 30.5 Å². The van der Waals surface area contributed by atoms with E-state index in [0.29, 0.717) is 13.0 Å². The monoisotopic (exact) mass is 335 g/mol. The van der Waals surface area contributed by atoms with Gasteiger partial charge in [-0.2, -0.15) is 13.2 Å². The molecule has 0 aromatic carbocycles. The van der Waals surface area contributed by atoms with E-state index in [9.17, 15) is 18.0 Å². The number of carbonyl (C=O) groups excluding carboxylic acids is 1. The number of carbonyl (C=O) groups is 1. The first kappa shape index (κ1) is 17.0. The van der Waals surface area contributed by atoms with Crippen molar-refractivity contribution in [1.29, 1.82) is 0 Å². The number of hydrogen-bond donors (Lipinski definition) is 1. The molecule has 0 radical (unpaired) electrons. The Balaban J connectivity index is 0.00000176. The van der Waals surface area contributed by atoms with Crippen molar-refractivity contribution in [1.82, 2.24) is 10.3 Å². The second-order valence-electron chi connectivity index (χ2n) is 5.84. The van der Waals surface area contributed by atoms with Gasteiger partial charge < -0.3 is 5.32 Å². The first-order valence-corrected chi connectivity index (χ1v) is 6.94. The minimum Gasteiger partial charge on any atom is -0.316 e. The molecule has 1 spiro atoms. The Labute approximate surface area is 132 Å². The number of nitrogens with zero attached hydrogens (tertiary/aromatic N) is 2. The van der Waals surface area contributed by atoms with Crippen LogP contribution in [0.5, 0.6) is 0 Å². The first-order chi connectivity index (χ1) is 9.90. The number of hydrogen-bond acceptors (Lipinski definition) is 3. The van der Waals surface area contributed by atoms with Crippen LogP contribution in [-0.2, 0) is 11.0 Å². The van der Waals surface area contributed by atoms with Crippen molar-refractivity contribution in [3.05, 3.63) is 23.9 Å². The van der Waals surface area contributed by atoms with Crippen LogP contribution in [0.15, 0.2) is 18.3 Å². The summed E-state index contributed by atoms with van der Waals surface area (Å²) >= 11 is 0. The minimum absolute atomic E-state index is 0. The van der Waals surface area contributed by atoms with Gasteiger partial charge in [-0.05, 0) is 31.5 Å². The van der Waals surface area contributed by atoms with Crippen molar-refractivity contribution < 1.29 is 18.0 Å². The van der Waals surface area contributed by atoms with Gasteiger partial charge in [0, 0.05) is 31.1 Å². The third-order valence-corrected chi connectivity index (χ3v) is 4.23. The fourth-order valence-corrected chi connectivity index (χ4v) is 3.16. The minimum atomic E-state index is -4.43. The normalized spacial score (nSPS) is 25.4. The molecule has 2 aliphatic heterocycles. The number of rotatable bonds is 1. The lowest BCUT2D eigenvalue weighted by molar-refractivity contribution is -0.137. The predicted molar refractivity (Wildman–Crippen MR) is 78.0 cm³/mol. The maximum Gasteiger partial charge on any atom is 0.416 e. The average molecular weight is 336 g/mol. The molecule has 0 bridgehead atoms. The molecule has 1 unspecified atom stereocenters. The number of aromatic nitrogens is 1. The van der Waals surface area contributed by atoms with Crippen molar-refractivity contribution in [2.45, 2.75) is 25.4 Å². The molecule has 8 heteroatoms. The van der Waals surface area contributed by atoms with E-state index in [0.717, 1.165) is 44.3 Å². The van der Waals surface area contributed by atoms with Crippen LogP contribution in [0, 0.1) is 5.41 Å². The third-order valence-electron chi connectivity index (χ3n) is 4.23. The van der Waals surface area contributed by atoms with E-state index < -0.39 is 11.7 Å². The summed E-state index contributed by atoms with van der Waals surface area (Å²) in [6, 6.07) is 1.87. The second kappa shape index (κ2) is 6.04. The Hall–Kier alpha value is -1.34. The predicted octanol–water partition coefficient (Wildman–Crippen LogP) is 2.63. The van der Waals surface area contributed by atoms with Crippen molar-refractivity contribution in [3.63, 3.8) is 0 Å². The number of amides is 1. The Bertz CT molecular complexity index is 559. The van der Waals surface area contributed by atoms with E-state index >= 15 is 0 Å². The number of halogens is 4. The van der Waals surface area contributed by atoms with Crippen LogP contribution in [0.3, 0.4) is 0 Å². The van der Waals surface area contributed by atoms with Crippen LogP contribution >= 0.6 is 12.4 Å². The summed E-state index contributed by atoms with van der Waals surface area (Å²) in [4.78, 5) is 17.5. The molecular weight excluding hydrogens is 319 g/mol. The molecule has 2 fully saturated rings. The maximum absolute atomic E-state index is 12.8. The molecule has 122 valence electrons. The average Bonchev–Trinajstić information content (AvgIpc) is 2.75. The SMILES string of the molecule is Cl.O=C1CC2(CCCNC2)CN1c1cc(C(F)(F)F)ccn1. The number of anilines is 1. The van der Waals surface area contributed by atoms with Crippen LogP contribution in [0.4, 0.5) is 19.0 Å². The van der Waals surface area contributed by atoms with Gasteiger partial charge in [0.1, 0.15) is 5.82 Å². The summed E-state index contributed by atoms with van der Waals surface area (Å²) in [5.74, 6) is -0.0530. The van der Waals surface area contributed by atoms with Gasteiger partial charge in [0.05, 0.1) is 5.56 Å². The zero-order valence-corrected chi connectivity index (χ0v) is 12.6. The third kappa shape index (κ3) is 3.20. The van der Waals surface area contributed by atoms with Gasteiger partial charge in [-0.15, -0.1) is 12.4 Å². The summed E-state index contributed by atoms with van der Waals surface area (Å²) in [6.07, 6.45) is -1.05. The van der Waals surface area contributed by atoms with Crippen LogP contribution in [0.1, 0.15) is 24.8 Å². The molecule has 22 heavy (non-hydrogen) atoms. The highest BCUT2D eigenvalue weighted by atomic mass is 35.5. The van der Waals surface area contributed by atoms with Gasteiger partial charge in [0.25, 0.3) is 0 Å². The van der Waals surface area contributed by atoms with Gasteiger partial charge in [0.15, 0.2) is 0 Å². The highest BCUT2D eigenvalue weighted by Gasteiger charge is 2.45. The largest absolute Gasteiger partial charge is 0.416 e.